The molecule has 3 rings (SSSR count). The maximum Gasteiger partial charge on any atom is 0.293 e. The van der Waals surface area contributed by atoms with Gasteiger partial charge in [0.2, 0.25) is 0 Å². The summed E-state index contributed by atoms with van der Waals surface area (Å²) in [4.78, 5) is 19.1. The molecule has 0 amide bonds. The zero-order chi connectivity index (χ0) is 19.4. The van der Waals surface area contributed by atoms with Crippen molar-refractivity contribution in [2.75, 3.05) is 36.0 Å². The molecule has 0 aliphatic carbocycles. The van der Waals surface area contributed by atoms with Crippen LogP contribution in [-0.4, -0.2) is 49.1 Å². The van der Waals surface area contributed by atoms with Gasteiger partial charge in [0.25, 0.3) is 5.56 Å². The maximum atomic E-state index is 13.1. The number of sulfone groups is 1. The molecule has 1 aromatic heterocycles. The second kappa shape index (κ2) is 8.18. The van der Waals surface area contributed by atoms with Crippen molar-refractivity contribution in [2.45, 2.75) is 19.4 Å². The largest absolute Gasteiger partial charge is 0.350 e. The minimum atomic E-state index is -3.05. The van der Waals surface area contributed by atoms with Crippen LogP contribution in [0.15, 0.2) is 35.3 Å². The minimum absolute atomic E-state index is 0.0130. The average molecular weight is 394 g/mol. The summed E-state index contributed by atoms with van der Waals surface area (Å²) >= 11 is 0. The first-order valence-corrected chi connectivity index (χ1v) is 10.7. The van der Waals surface area contributed by atoms with Crippen LogP contribution < -0.4 is 16.2 Å². The Morgan fingerprint density at radius 2 is 1.81 bits per heavy atom. The number of aryl methyl sites for hydroxylation is 1. The smallest absolute Gasteiger partial charge is 0.293 e. The molecule has 0 saturated carbocycles. The summed E-state index contributed by atoms with van der Waals surface area (Å²) in [7, 11) is -3.05. The molecule has 146 valence electrons. The van der Waals surface area contributed by atoms with Gasteiger partial charge in [0.15, 0.2) is 15.7 Å². The summed E-state index contributed by atoms with van der Waals surface area (Å²) < 4.78 is 38.0. The highest BCUT2D eigenvalue weighted by Gasteiger charge is 2.25. The first-order valence-electron chi connectivity index (χ1n) is 8.88. The Morgan fingerprint density at radius 3 is 2.44 bits per heavy atom. The highest BCUT2D eigenvalue weighted by molar-refractivity contribution is 7.91. The van der Waals surface area contributed by atoms with Crippen molar-refractivity contribution in [2.24, 2.45) is 5.73 Å². The summed E-state index contributed by atoms with van der Waals surface area (Å²) in [5, 5.41) is 0. The highest BCUT2D eigenvalue weighted by Crippen LogP contribution is 2.13. The van der Waals surface area contributed by atoms with Gasteiger partial charge in [-0.3, -0.25) is 4.79 Å². The van der Waals surface area contributed by atoms with Crippen molar-refractivity contribution in [3.63, 3.8) is 0 Å². The highest BCUT2D eigenvalue weighted by atomic mass is 32.2. The SMILES string of the molecule is NCCCc1cn(Cc2ccc(F)cc2)c(=O)c(N2CCS(=O)(=O)CC2)n1. The lowest BCUT2D eigenvalue weighted by atomic mass is 10.2. The van der Waals surface area contributed by atoms with Crippen LogP contribution in [0.4, 0.5) is 10.2 Å². The van der Waals surface area contributed by atoms with Crippen LogP contribution in [0.5, 0.6) is 0 Å². The van der Waals surface area contributed by atoms with Gasteiger partial charge in [0.1, 0.15) is 5.82 Å². The number of benzene rings is 1. The zero-order valence-electron chi connectivity index (χ0n) is 15.0. The quantitative estimate of drug-likeness (QED) is 0.769. The standard InChI is InChI=1S/C18H23FN4O3S/c19-15-5-3-14(4-6-15)12-23-13-16(2-1-7-20)21-17(18(23)24)22-8-10-27(25,26)11-9-22/h3-6,13H,1-2,7-12,20H2. The van der Waals surface area contributed by atoms with E-state index in [-0.39, 0.29) is 48.3 Å². The molecule has 2 N–H and O–H groups in total. The van der Waals surface area contributed by atoms with E-state index in [2.05, 4.69) is 4.98 Å². The maximum absolute atomic E-state index is 13.1. The second-order valence-electron chi connectivity index (χ2n) is 6.65. The van der Waals surface area contributed by atoms with E-state index in [4.69, 9.17) is 5.73 Å². The fourth-order valence-corrected chi connectivity index (χ4v) is 4.22. The topological polar surface area (TPSA) is 98.3 Å². The first-order chi connectivity index (χ1) is 12.9. The number of anilines is 1. The van der Waals surface area contributed by atoms with Gasteiger partial charge in [-0.1, -0.05) is 12.1 Å². The van der Waals surface area contributed by atoms with E-state index < -0.39 is 9.84 Å². The number of nitrogens with two attached hydrogens (primary N) is 1. The lowest BCUT2D eigenvalue weighted by Gasteiger charge is -2.28. The number of hydrogen-bond acceptors (Lipinski definition) is 6. The molecule has 9 heteroatoms. The van der Waals surface area contributed by atoms with E-state index in [1.54, 1.807) is 27.8 Å². The number of halogens is 1. The van der Waals surface area contributed by atoms with Crippen molar-refractivity contribution in [3.05, 3.63) is 57.9 Å². The van der Waals surface area contributed by atoms with Crippen LogP contribution in [0.2, 0.25) is 0 Å². The molecule has 1 aliphatic heterocycles. The fraction of sp³-hybridized carbons (Fsp3) is 0.444. The molecule has 7 nitrogen and oxygen atoms in total. The van der Waals surface area contributed by atoms with Crippen molar-refractivity contribution in [3.8, 4) is 0 Å². The Morgan fingerprint density at radius 1 is 1.15 bits per heavy atom. The number of hydrogen-bond donors (Lipinski definition) is 1. The molecule has 0 spiro atoms. The summed E-state index contributed by atoms with van der Waals surface area (Å²) in [6, 6.07) is 5.98. The lowest BCUT2D eigenvalue weighted by molar-refractivity contribution is 0.585. The van der Waals surface area contributed by atoms with Crippen LogP contribution in [0.3, 0.4) is 0 Å². The average Bonchev–Trinajstić information content (AvgIpc) is 2.64. The van der Waals surface area contributed by atoms with Crippen molar-refractivity contribution < 1.29 is 12.8 Å². The summed E-state index contributed by atoms with van der Waals surface area (Å²) in [5.74, 6) is -0.0423. The van der Waals surface area contributed by atoms with Crippen LogP contribution >= 0.6 is 0 Å². The molecule has 2 heterocycles. The van der Waals surface area contributed by atoms with Gasteiger partial charge in [-0.15, -0.1) is 0 Å². The number of rotatable bonds is 6. The predicted molar refractivity (Wildman–Crippen MR) is 102 cm³/mol. The Hall–Kier alpha value is -2.26. The zero-order valence-corrected chi connectivity index (χ0v) is 15.8. The van der Waals surface area contributed by atoms with Crippen LogP contribution in [0.1, 0.15) is 17.7 Å². The summed E-state index contributed by atoms with van der Waals surface area (Å²) in [5.41, 5.74) is 6.82. The van der Waals surface area contributed by atoms with Gasteiger partial charge >= 0.3 is 0 Å². The number of aromatic nitrogens is 2. The lowest BCUT2D eigenvalue weighted by Crippen LogP contribution is -2.44. The molecule has 0 unspecified atom stereocenters. The van der Waals surface area contributed by atoms with Gasteiger partial charge in [0, 0.05) is 19.3 Å². The molecule has 2 aromatic rings. The Kier molecular flexibility index (Phi) is 5.91. The molecular weight excluding hydrogens is 371 g/mol. The predicted octanol–water partition coefficient (Wildman–Crippen LogP) is 0.557. The van der Waals surface area contributed by atoms with Gasteiger partial charge in [-0.05, 0) is 37.1 Å². The Bertz CT molecular complexity index is 944. The van der Waals surface area contributed by atoms with Crippen LogP contribution in [0.25, 0.3) is 0 Å². The van der Waals surface area contributed by atoms with Gasteiger partial charge in [0.05, 0.1) is 23.7 Å². The molecular formula is C18H23FN4O3S. The van der Waals surface area contributed by atoms with E-state index in [1.165, 1.54) is 12.1 Å². The fourth-order valence-electron chi connectivity index (χ4n) is 3.02. The Labute approximate surface area is 157 Å². The van der Waals surface area contributed by atoms with E-state index >= 15 is 0 Å². The third-order valence-corrected chi connectivity index (χ3v) is 6.16. The molecule has 0 bridgehead atoms. The monoisotopic (exact) mass is 394 g/mol. The summed E-state index contributed by atoms with van der Waals surface area (Å²) in [6.07, 6.45) is 3.06. The van der Waals surface area contributed by atoms with E-state index in [0.717, 1.165) is 17.7 Å². The third-order valence-electron chi connectivity index (χ3n) is 4.55. The third kappa shape index (κ3) is 4.92. The molecule has 1 aliphatic rings. The Balaban J connectivity index is 1.94. The van der Waals surface area contributed by atoms with Gasteiger partial charge < -0.3 is 15.2 Å². The van der Waals surface area contributed by atoms with Crippen LogP contribution in [0, 0.1) is 5.82 Å². The molecule has 27 heavy (non-hydrogen) atoms. The molecule has 1 saturated heterocycles. The van der Waals surface area contributed by atoms with Crippen LogP contribution in [-0.2, 0) is 22.8 Å². The van der Waals surface area contributed by atoms with Gasteiger partial charge in [-0.25, -0.2) is 17.8 Å². The van der Waals surface area contributed by atoms with E-state index in [1.807, 2.05) is 0 Å². The first kappa shape index (κ1) is 19.5. The molecule has 0 radical (unpaired) electrons. The van der Waals surface area contributed by atoms with Crippen molar-refractivity contribution in [1.82, 2.24) is 9.55 Å². The van der Waals surface area contributed by atoms with E-state index in [9.17, 15) is 17.6 Å². The van der Waals surface area contributed by atoms with Crippen molar-refractivity contribution in [1.29, 1.82) is 0 Å². The van der Waals surface area contributed by atoms with E-state index in [0.29, 0.717) is 13.0 Å². The minimum Gasteiger partial charge on any atom is -0.350 e. The summed E-state index contributed by atoms with van der Waals surface area (Å²) in [6.45, 7) is 1.30. The van der Waals surface area contributed by atoms with Crippen molar-refractivity contribution >= 4 is 15.7 Å². The molecule has 0 atom stereocenters. The normalized spacial score (nSPS) is 16.4. The molecule has 1 aromatic carbocycles. The number of nitrogens with zero attached hydrogens (tertiary/aromatic N) is 3. The molecule has 1 fully saturated rings. The van der Waals surface area contributed by atoms with Gasteiger partial charge in [-0.2, -0.15) is 0 Å². The second-order valence-corrected chi connectivity index (χ2v) is 8.95.